The number of nitrogens with one attached hydrogen (secondary N) is 1. The summed E-state index contributed by atoms with van der Waals surface area (Å²) in [6, 6.07) is 2.96. The molecule has 0 heterocycles. The van der Waals surface area contributed by atoms with Crippen LogP contribution in [0.25, 0.3) is 0 Å². The Morgan fingerprint density at radius 2 is 2.00 bits per heavy atom. The normalized spacial score (nSPS) is 25.3. The fraction of sp³-hybridized carbons (Fsp3) is 0.600. The van der Waals surface area contributed by atoms with Crippen molar-refractivity contribution in [2.75, 3.05) is 0 Å². The van der Waals surface area contributed by atoms with E-state index in [-0.39, 0.29) is 12.0 Å². The minimum absolute atomic E-state index is 0.269. The lowest BCUT2D eigenvalue weighted by molar-refractivity contribution is 0.220. The summed E-state index contributed by atoms with van der Waals surface area (Å²) in [5.41, 5.74) is 3.37. The van der Waals surface area contributed by atoms with Gasteiger partial charge in [-0.05, 0) is 37.2 Å². The van der Waals surface area contributed by atoms with Gasteiger partial charge in [0.1, 0.15) is 0 Å². The van der Waals surface area contributed by atoms with Crippen molar-refractivity contribution in [2.45, 2.75) is 45.6 Å². The highest BCUT2D eigenvalue weighted by molar-refractivity contribution is 5.28. The van der Waals surface area contributed by atoms with Crippen LogP contribution >= 0.6 is 0 Å². The number of halogens is 2. The predicted molar refractivity (Wildman–Crippen MR) is 72.3 cm³/mol. The standard InChI is InChI=1S/C15H22F2N2/c1-9-4-3-5-11(8-9)15(19-18)12-7-6-10(2)13(16)14(12)17/h6-7,9,11,15,19H,3-5,8,18H2,1-2H3. The van der Waals surface area contributed by atoms with Crippen LogP contribution in [-0.4, -0.2) is 0 Å². The summed E-state index contributed by atoms with van der Waals surface area (Å²) in [4.78, 5) is 0. The zero-order chi connectivity index (χ0) is 14.0. The van der Waals surface area contributed by atoms with Gasteiger partial charge in [-0.25, -0.2) is 8.78 Å². The minimum Gasteiger partial charge on any atom is -0.271 e. The smallest absolute Gasteiger partial charge is 0.163 e. The Morgan fingerprint density at radius 3 is 2.63 bits per heavy atom. The molecule has 1 saturated carbocycles. The lowest BCUT2D eigenvalue weighted by atomic mass is 9.76. The molecular formula is C15H22F2N2. The van der Waals surface area contributed by atoms with Gasteiger partial charge in [0, 0.05) is 5.56 Å². The summed E-state index contributed by atoms with van der Waals surface area (Å²) < 4.78 is 27.8. The Bertz CT molecular complexity index is 448. The number of benzene rings is 1. The monoisotopic (exact) mass is 268 g/mol. The zero-order valence-corrected chi connectivity index (χ0v) is 11.5. The molecule has 0 spiro atoms. The Kier molecular flexibility index (Phi) is 4.53. The summed E-state index contributed by atoms with van der Waals surface area (Å²) in [7, 11) is 0. The van der Waals surface area contributed by atoms with E-state index < -0.39 is 11.6 Å². The molecule has 3 atom stereocenters. The molecule has 1 fully saturated rings. The summed E-state index contributed by atoms with van der Waals surface area (Å²) in [6.07, 6.45) is 4.34. The van der Waals surface area contributed by atoms with Crippen molar-refractivity contribution in [3.05, 3.63) is 34.9 Å². The van der Waals surface area contributed by atoms with Gasteiger partial charge in [0.05, 0.1) is 6.04 Å². The Balaban J connectivity index is 2.29. The Morgan fingerprint density at radius 1 is 1.26 bits per heavy atom. The third-order valence-electron chi connectivity index (χ3n) is 4.27. The average Bonchev–Trinajstić information content (AvgIpc) is 2.40. The SMILES string of the molecule is Cc1ccc(C(NN)C2CCCC(C)C2)c(F)c1F. The molecule has 4 heteroatoms. The Labute approximate surface area is 113 Å². The zero-order valence-electron chi connectivity index (χ0n) is 11.5. The van der Waals surface area contributed by atoms with Crippen LogP contribution in [0.2, 0.25) is 0 Å². The summed E-state index contributed by atoms with van der Waals surface area (Å²) in [5, 5.41) is 0. The first kappa shape index (κ1) is 14.4. The van der Waals surface area contributed by atoms with Crippen molar-refractivity contribution in [1.29, 1.82) is 0 Å². The molecule has 1 aliphatic carbocycles. The molecule has 2 rings (SSSR count). The van der Waals surface area contributed by atoms with Crippen LogP contribution in [0.3, 0.4) is 0 Å². The van der Waals surface area contributed by atoms with E-state index >= 15 is 0 Å². The highest BCUT2D eigenvalue weighted by Gasteiger charge is 2.29. The van der Waals surface area contributed by atoms with E-state index in [0.717, 1.165) is 19.3 Å². The minimum atomic E-state index is -0.763. The van der Waals surface area contributed by atoms with Crippen LogP contribution < -0.4 is 11.3 Å². The first-order valence-corrected chi connectivity index (χ1v) is 6.95. The summed E-state index contributed by atoms with van der Waals surface area (Å²) >= 11 is 0. The second-order valence-corrected chi connectivity index (χ2v) is 5.78. The lowest BCUT2D eigenvalue weighted by Gasteiger charge is -2.33. The number of aryl methyl sites for hydroxylation is 1. The molecule has 2 nitrogen and oxygen atoms in total. The maximum absolute atomic E-state index is 14.1. The number of hydrogen-bond acceptors (Lipinski definition) is 2. The van der Waals surface area contributed by atoms with Crippen molar-refractivity contribution in [3.63, 3.8) is 0 Å². The third-order valence-corrected chi connectivity index (χ3v) is 4.27. The van der Waals surface area contributed by atoms with Crippen molar-refractivity contribution >= 4 is 0 Å². The van der Waals surface area contributed by atoms with Crippen LogP contribution in [-0.2, 0) is 0 Å². The maximum Gasteiger partial charge on any atom is 0.163 e. The highest BCUT2D eigenvalue weighted by atomic mass is 19.2. The van der Waals surface area contributed by atoms with E-state index in [9.17, 15) is 8.78 Å². The highest BCUT2D eigenvalue weighted by Crippen LogP contribution is 2.38. The fourth-order valence-electron chi connectivity index (χ4n) is 3.16. The lowest BCUT2D eigenvalue weighted by Crippen LogP contribution is -2.36. The molecule has 0 saturated heterocycles. The van der Waals surface area contributed by atoms with E-state index in [4.69, 9.17) is 5.84 Å². The molecule has 106 valence electrons. The number of rotatable bonds is 3. The van der Waals surface area contributed by atoms with Crippen molar-refractivity contribution < 1.29 is 8.78 Å². The molecule has 1 aromatic carbocycles. The maximum atomic E-state index is 14.1. The molecule has 0 amide bonds. The first-order chi connectivity index (χ1) is 9.04. The second kappa shape index (κ2) is 5.97. The van der Waals surface area contributed by atoms with E-state index in [1.54, 1.807) is 19.1 Å². The van der Waals surface area contributed by atoms with E-state index in [0.29, 0.717) is 17.0 Å². The molecule has 0 radical (unpaired) electrons. The molecule has 1 aromatic rings. The molecule has 1 aliphatic rings. The van der Waals surface area contributed by atoms with Gasteiger partial charge in [-0.1, -0.05) is 31.9 Å². The quantitative estimate of drug-likeness (QED) is 0.649. The van der Waals surface area contributed by atoms with Gasteiger partial charge in [0.25, 0.3) is 0 Å². The summed E-state index contributed by atoms with van der Waals surface area (Å²) in [6.45, 7) is 3.77. The van der Waals surface area contributed by atoms with E-state index in [1.807, 2.05) is 0 Å². The van der Waals surface area contributed by atoms with Gasteiger partial charge in [-0.3, -0.25) is 11.3 Å². The van der Waals surface area contributed by atoms with Gasteiger partial charge in [0.15, 0.2) is 11.6 Å². The van der Waals surface area contributed by atoms with Crippen LogP contribution in [0.5, 0.6) is 0 Å². The van der Waals surface area contributed by atoms with Crippen molar-refractivity contribution in [3.8, 4) is 0 Å². The third kappa shape index (κ3) is 2.95. The van der Waals surface area contributed by atoms with Gasteiger partial charge in [0.2, 0.25) is 0 Å². The molecule has 3 unspecified atom stereocenters. The Hall–Kier alpha value is -1.00. The topological polar surface area (TPSA) is 38.0 Å². The molecule has 0 bridgehead atoms. The van der Waals surface area contributed by atoms with E-state index in [2.05, 4.69) is 12.3 Å². The number of nitrogens with two attached hydrogens (primary N) is 1. The van der Waals surface area contributed by atoms with Gasteiger partial charge >= 0.3 is 0 Å². The van der Waals surface area contributed by atoms with Crippen molar-refractivity contribution in [1.82, 2.24) is 5.43 Å². The van der Waals surface area contributed by atoms with Crippen LogP contribution in [0.1, 0.15) is 49.8 Å². The van der Waals surface area contributed by atoms with Crippen molar-refractivity contribution in [2.24, 2.45) is 17.7 Å². The molecule has 0 aromatic heterocycles. The number of hydrazine groups is 1. The summed E-state index contributed by atoms with van der Waals surface area (Å²) in [5.74, 6) is 4.96. The largest absolute Gasteiger partial charge is 0.271 e. The van der Waals surface area contributed by atoms with Gasteiger partial charge < -0.3 is 0 Å². The molecule has 19 heavy (non-hydrogen) atoms. The van der Waals surface area contributed by atoms with Crippen LogP contribution in [0.4, 0.5) is 8.78 Å². The first-order valence-electron chi connectivity index (χ1n) is 6.95. The van der Waals surface area contributed by atoms with Gasteiger partial charge in [-0.2, -0.15) is 0 Å². The predicted octanol–water partition coefficient (Wildman–Crippen LogP) is 3.60. The average molecular weight is 268 g/mol. The van der Waals surface area contributed by atoms with Gasteiger partial charge in [-0.15, -0.1) is 0 Å². The van der Waals surface area contributed by atoms with Crippen LogP contribution in [0, 0.1) is 30.4 Å². The molecular weight excluding hydrogens is 246 g/mol. The number of hydrogen-bond donors (Lipinski definition) is 2. The fourth-order valence-corrected chi connectivity index (χ4v) is 3.16. The van der Waals surface area contributed by atoms with E-state index in [1.165, 1.54) is 6.42 Å². The van der Waals surface area contributed by atoms with Crippen LogP contribution in [0.15, 0.2) is 12.1 Å². The molecule has 0 aliphatic heterocycles. The molecule has 3 N–H and O–H groups in total. The second-order valence-electron chi connectivity index (χ2n) is 5.78.